The van der Waals surface area contributed by atoms with Crippen LogP contribution in [0.15, 0.2) is 36.7 Å². The Morgan fingerprint density at radius 2 is 2.19 bits per heavy atom. The number of rotatable bonds is 7. The minimum Gasteiger partial charge on any atom is -0.334 e. The maximum absolute atomic E-state index is 12.1. The number of nitrogens with zero attached hydrogens (tertiary/aromatic N) is 2. The zero-order valence-electron chi connectivity index (χ0n) is 11.8. The molecule has 114 valence electrons. The standard InChI is InChI=1S/C14H18ClN3O2S/c1-2-7-18-8-6-16-14(18)10-17-21(19,20)11-12-4-3-5-13(15)9-12/h3-6,8-9,17H,2,7,10-11H2,1H3. The highest BCUT2D eigenvalue weighted by atomic mass is 35.5. The van der Waals surface area contributed by atoms with Crippen molar-refractivity contribution in [3.05, 3.63) is 53.1 Å². The van der Waals surface area contributed by atoms with Crippen molar-refractivity contribution >= 4 is 21.6 Å². The van der Waals surface area contributed by atoms with Crippen LogP contribution in [-0.2, 0) is 28.9 Å². The van der Waals surface area contributed by atoms with Crippen LogP contribution in [0.2, 0.25) is 5.02 Å². The Morgan fingerprint density at radius 3 is 2.90 bits per heavy atom. The van der Waals surface area contributed by atoms with Gasteiger partial charge in [0, 0.05) is 24.0 Å². The van der Waals surface area contributed by atoms with E-state index in [2.05, 4.69) is 16.6 Å². The molecule has 1 N–H and O–H groups in total. The summed E-state index contributed by atoms with van der Waals surface area (Å²) in [5, 5.41) is 0.529. The monoisotopic (exact) mass is 327 g/mol. The Hall–Kier alpha value is -1.37. The number of benzene rings is 1. The molecule has 0 aliphatic rings. The molecule has 0 unspecified atom stereocenters. The molecule has 0 radical (unpaired) electrons. The number of aryl methyl sites for hydroxylation is 1. The van der Waals surface area contributed by atoms with Gasteiger partial charge >= 0.3 is 0 Å². The minimum absolute atomic E-state index is 0.0952. The lowest BCUT2D eigenvalue weighted by Crippen LogP contribution is -2.26. The molecule has 7 heteroatoms. The molecule has 21 heavy (non-hydrogen) atoms. The average Bonchev–Trinajstić information content (AvgIpc) is 2.84. The summed E-state index contributed by atoms with van der Waals surface area (Å²) in [6.45, 7) is 3.08. The molecule has 1 heterocycles. The van der Waals surface area contributed by atoms with Gasteiger partial charge in [0.05, 0.1) is 12.3 Å². The van der Waals surface area contributed by atoms with Crippen molar-refractivity contribution in [2.75, 3.05) is 0 Å². The van der Waals surface area contributed by atoms with E-state index in [9.17, 15) is 8.42 Å². The van der Waals surface area contributed by atoms with Crippen molar-refractivity contribution in [3.63, 3.8) is 0 Å². The van der Waals surface area contributed by atoms with E-state index in [4.69, 9.17) is 11.6 Å². The van der Waals surface area contributed by atoms with Crippen molar-refractivity contribution in [1.82, 2.24) is 14.3 Å². The predicted octanol–water partition coefficient (Wildman–Crippen LogP) is 2.57. The summed E-state index contributed by atoms with van der Waals surface area (Å²) in [5.74, 6) is 0.619. The number of halogens is 1. The number of imidazole rings is 1. The number of hydrogen-bond acceptors (Lipinski definition) is 3. The normalized spacial score (nSPS) is 11.7. The van der Waals surface area contributed by atoms with Crippen LogP contribution in [-0.4, -0.2) is 18.0 Å². The highest BCUT2D eigenvalue weighted by Gasteiger charge is 2.13. The van der Waals surface area contributed by atoms with Gasteiger partial charge in [-0.2, -0.15) is 0 Å². The smallest absolute Gasteiger partial charge is 0.216 e. The summed E-state index contributed by atoms with van der Waals surface area (Å²) in [5.41, 5.74) is 0.659. The Labute approximate surface area is 130 Å². The zero-order chi connectivity index (χ0) is 15.3. The fraction of sp³-hybridized carbons (Fsp3) is 0.357. The highest BCUT2D eigenvalue weighted by Crippen LogP contribution is 2.13. The van der Waals surface area contributed by atoms with Crippen LogP contribution in [0.1, 0.15) is 24.7 Å². The Balaban J connectivity index is 1.99. The van der Waals surface area contributed by atoms with Gasteiger partial charge in [-0.1, -0.05) is 30.7 Å². The maximum atomic E-state index is 12.1. The highest BCUT2D eigenvalue weighted by molar-refractivity contribution is 7.88. The van der Waals surface area contributed by atoms with Gasteiger partial charge in [0.1, 0.15) is 5.82 Å². The molecule has 0 aliphatic carbocycles. The number of aromatic nitrogens is 2. The van der Waals surface area contributed by atoms with Crippen LogP contribution in [0.25, 0.3) is 0 Å². The quantitative estimate of drug-likeness (QED) is 0.850. The van der Waals surface area contributed by atoms with E-state index < -0.39 is 10.0 Å². The van der Waals surface area contributed by atoms with Crippen molar-refractivity contribution in [3.8, 4) is 0 Å². The molecular formula is C14H18ClN3O2S. The number of nitrogens with one attached hydrogen (secondary N) is 1. The van der Waals surface area contributed by atoms with Gasteiger partial charge < -0.3 is 4.57 Å². The van der Waals surface area contributed by atoms with Gasteiger partial charge in [0.2, 0.25) is 10.0 Å². The van der Waals surface area contributed by atoms with Gasteiger partial charge in [-0.25, -0.2) is 18.1 Å². The molecule has 0 amide bonds. The summed E-state index contributed by atoms with van der Waals surface area (Å²) < 4.78 is 28.7. The molecule has 2 rings (SSSR count). The van der Waals surface area contributed by atoms with Crippen LogP contribution in [0.5, 0.6) is 0 Å². The molecule has 0 fully saturated rings. The Kier molecular flexibility index (Phi) is 5.39. The second-order valence-electron chi connectivity index (χ2n) is 4.75. The van der Waals surface area contributed by atoms with Gasteiger partial charge in [0.25, 0.3) is 0 Å². The zero-order valence-corrected chi connectivity index (χ0v) is 13.4. The topological polar surface area (TPSA) is 64.0 Å². The maximum Gasteiger partial charge on any atom is 0.216 e. The van der Waals surface area contributed by atoms with E-state index in [0.29, 0.717) is 16.4 Å². The van der Waals surface area contributed by atoms with Gasteiger partial charge in [-0.15, -0.1) is 0 Å². The van der Waals surface area contributed by atoms with E-state index in [1.807, 2.05) is 10.8 Å². The lowest BCUT2D eigenvalue weighted by atomic mass is 10.2. The van der Waals surface area contributed by atoms with Gasteiger partial charge in [0.15, 0.2) is 0 Å². The summed E-state index contributed by atoms with van der Waals surface area (Å²) in [4.78, 5) is 4.17. The van der Waals surface area contributed by atoms with E-state index >= 15 is 0 Å². The van der Waals surface area contributed by atoms with E-state index in [-0.39, 0.29) is 12.3 Å². The van der Waals surface area contributed by atoms with Crippen molar-refractivity contribution in [1.29, 1.82) is 0 Å². The second-order valence-corrected chi connectivity index (χ2v) is 6.99. The van der Waals surface area contributed by atoms with Crippen molar-refractivity contribution < 1.29 is 8.42 Å². The van der Waals surface area contributed by atoms with Crippen molar-refractivity contribution in [2.45, 2.75) is 32.2 Å². The van der Waals surface area contributed by atoms with Crippen LogP contribution in [0.3, 0.4) is 0 Å². The molecule has 0 saturated heterocycles. The molecule has 0 spiro atoms. The largest absolute Gasteiger partial charge is 0.334 e. The third kappa shape index (κ3) is 4.84. The van der Waals surface area contributed by atoms with Gasteiger partial charge in [-0.3, -0.25) is 0 Å². The summed E-state index contributed by atoms with van der Waals surface area (Å²) >= 11 is 5.86. The first-order chi connectivity index (χ1) is 10.00. The first-order valence-corrected chi connectivity index (χ1v) is 8.75. The lowest BCUT2D eigenvalue weighted by Gasteiger charge is -2.09. The van der Waals surface area contributed by atoms with Crippen LogP contribution >= 0.6 is 11.6 Å². The third-order valence-corrected chi connectivity index (χ3v) is 4.49. The predicted molar refractivity (Wildman–Crippen MR) is 83.4 cm³/mol. The first-order valence-electron chi connectivity index (χ1n) is 6.72. The van der Waals surface area contributed by atoms with Crippen LogP contribution < -0.4 is 4.72 Å². The number of sulfonamides is 1. The van der Waals surface area contributed by atoms with E-state index in [1.165, 1.54) is 0 Å². The minimum atomic E-state index is -3.42. The fourth-order valence-electron chi connectivity index (χ4n) is 2.02. The Morgan fingerprint density at radius 1 is 1.38 bits per heavy atom. The molecule has 5 nitrogen and oxygen atoms in total. The first kappa shape index (κ1) is 16.0. The molecular weight excluding hydrogens is 310 g/mol. The Bertz CT molecular complexity index is 698. The third-order valence-electron chi connectivity index (χ3n) is 2.96. The van der Waals surface area contributed by atoms with Gasteiger partial charge in [-0.05, 0) is 24.1 Å². The summed E-state index contributed by atoms with van der Waals surface area (Å²) in [6.07, 6.45) is 4.50. The fourth-order valence-corrected chi connectivity index (χ4v) is 3.31. The number of hydrogen-bond donors (Lipinski definition) is 1. The molecule has 0 saturated carbocycles. The summed E-state index contributed by atoms with van der Waals surface area (Å²) in [7, 11) is -3.42. The lowest BCUT2D eigenvalue weighted by molar-refractivity contribution is 0.571. The molecule has 0 bridgehead atoms. The molecule has 0 atom stereocenters. The van der Waals surface area contributed by atoms with Crippen LogP contribution in [0.4, 0.5) is 0 Å². The molecule has 0 aliphatic heterocycles. The molecule has 1 aromatic heterocycles. The van der Waals surface area contributed by atoms with Crippen LogP contribution in [0, 0.1) is 0 Å². The molecule has 2 aromatic rings. The van der Waals surface area contributed by atoms with E-state index in [0.717, 1.165) is 13.0 Å². The van der Waals surface area contributed by atoms with Crippen molar-refractivity contribution in [2.24, 2.45) is 0 Å². The summed E-state index contributed by atoms with van der Waals surface area (Å²) in [6, 6.07) is 6.84. The van der Waals surface area contributed by atoms with E-state index in [1.54, 1.807) is 30.5 Å². The molecule has 1 aromatic carbocycles. The second kappa shape index (κ2) is 7.06. The average molecular weight is 328 g/mol. The SMILES string of the molecule is CCCn1ccnc1CNS(=O)(=O)Cc1cccc(Cl)c1.